The normalized spacial score (nSPS) is 21.0. The van der Waals surface area contributed by atoms with Crippen LogP contribution in [0.2, 0.25) is 0 Å². The minimum Gasteiger partial charge on any atom is -0.331 e. The number of hydrogen-bond donors (Lipinski definition) is 0. The number of imidazole rings is 1. The van der Waals surface area contributed by atoms with Crippen molar-refractivity contribution in [1.29, 1.82) is 0 Å². The molecule has 7 nitrogen and oxygen atoms in total. The van der Waals surface area contributed by atoms with Crippen LogP contribution in [0.4, 0.5) is 0 Å². The van der Waals surface area contributed by atoms with Crippen molar-refractivity contribution in [3.63, 3.8) is 0 Å². The Labute approximate surface area is 151 Å². The van der Waals surface area contributed by atoms with E-state index in [-0.39, 0.29) is 0 Å². The fourth-order valence-corrected chi connectivity index (χ4v) is 3.80. The van der Waals surface area contributed by atoms with Crippen LogP contribution >= 0.6 is 0 Å². The molecule has 1 unspecified atom stereocenters. The van der Waals surface area contributed by atoms with Crippen LogP contribution in [-0.4, -0.2) is 34.3 Å². The third kappa shape index (κ3) is 2.55. The Morgan fingerprint density at radius 3 is 2.58 bits per heavy atom. The number of aryl methyl sites for hydroxylation is 4. The van der Waals surface area contributed by atoms with Crippen LogP contribution in [-0.2, 0) is 6.54 Å². The van der Waals surface area contributed by atoms with Crippen LogP contribution in [0.5, 0.6) is 0 Å². The predicted molar refractivity (Wildman–Crippen MR) is 97.1 cm³/mol. The molecule has 2 aliphatic rings. The standard InChI is InChI=1S/C19H21N7/c1-11-21-16(9-19(22-11)26-13(3)20-12(2)24-26)14-8-15(14)17-10-25-7-5-4-6-18(25)23-17/h4,6,9-10,14-15H,5,7-8H2,1-3H3/t14-,15?/m1/s1. The average molecular weight is 347 g/mol. The molecule has 0 spiro atoms. The van der Waals surface area contributed by atoms with Crippen molar-refractivity contribution in [2.24, 2.45) is 0 Å². The van der Waals surface area contributed by atoms with Crippen molar-refractivity contribution in [2.75, 3.05) is 0 Å². The third-order valence-corrected chi connectivity index (χ3v) is 5.12. The third-order valence-electron chi connectivity index (χ3n) is 5.12. The fraction of sp³-hybridized carbons (Fsp3) is 0.421. The van der Waals surface area contributed by atoms with Crippen molar-refractivity contribution >= 4 is 6.08 Å². The average Bonchev–Trinajstić information content (AvgIpc) is 3.18. The van der Waals surface area contributed by atoms with Gasteiger partial charge in [0, 0.05) is 30.6 Å². The Morgan fingerprint density at radius 2 is 1.81 bits per heavy atom. The number of nitrogens with zero attached hydrogens (tertiary/aromatic N) is 7. The quantitative estimate of drug-likeness (QED) is 0.728. The second kappa shape index (κ2) is 5.59. The first-order chi connectivity index (χ1) is 12.6. The zero-order valence-electron chi connectivity index (χ0n) is 15.2. The summed E-state index contributed by atoms with van der Waals surface area (Å²) in [4.78, 5) is 18.4. The van der Waals surface area contributed by atoms with Crippen LogP contribution in [0.25, 0.3) is 11.9 Å². The molecule has 3 aromatic rings. The topological polar surface area (TPSA) is 74.3 Å². The minimum absolute atomic E-state index is 0.404. The molecule has 1 aliphatic carbocycles. The second-order valence-electron chi connectivity index (χ2n) is 7.17. The Kier molecular flexibility index (Phi) is 3.32. The molecule has 4 heterocycles. The zero-order chi connectivity index (χ0) is 17.8. The maximum atomic E-state index is 4.81. The van der Waals surface area contributed by atoms with E-state index in [2.05, 4.69) is 44.0 Å². The van der Waals surface area contributed by atoms with Gasteiger partial charge in [0.15, 0.2) is 5.82 Å². The summed E-state index contributed by atoms with van der Waals surface area (Å²) >= 11 is 0. The Hall–Kier alpha value is -2.83. The number of fused-ring (bicyclic) bond motifs is 1. The molecule has 0 aromatic carbocycles. The number of hydrogen-bond acceptors (Lipinski definition) is 5. The molecule has 0 bridgehead atoms. The van der Waals surface area contributed by atoms with Crippen LogP contribution in [0, 0.1) is 20.8 Å². The van der Waals surface area contributed by atoms with Gasteiger partial charge in [-0.15, -0.1) is 5.10 Å². The van der Waals surface area contributed by atoms with Gasteiger partial charge in [-0.05, 0) is 39.7 Å². The summed E-state index contributed by atoms with van der Waals surface area (Å²) in [5.41, 5.74) is 2.26. The summed E-state index contributed by atoms with van der Waals surface area (Å²) in [7, 11) is 0. The van der Waals surface area contributed by atoms with Crippen LogP contribution in [0.3, 0.4) is 0 Å². The first-order valence-corrected chi connectivity index (χ1v) is 9.08. The molecule has 0 amide bonds. The molecular formula is C19H21N7. The Balaban J connectivity index is 1.45. The second-order valence-corrected chi connectivity index (χ2v) is 7.17. The first-order valence-electron chi connectivity index (χ1n) is 9.08. The van der Waals surface area contributed by atoms with Gasteiger partial charge in [-0.25, -0.2) is 19.9 Å². The lowest BCUT2D eigenvalue weighted by Crippen LogP contribution is -2.06. The molecule has 2 atom stereocenters. The SMILES string of the molecule is Cc1nc([C@@H]2CC2c2cn3c(n2)C=CCC3)cc(-n2nc(C)nc2C)n1. The summed E-state index contributed by atoms with van der Waals surface area (Å²) in [6.45, 7) is 6.80. The van der Waals surface area contributed by atoms with Gasteiger partial charge in [-0.2, -0.15) is 4.68 Å². The molecule has 7 heteroatoms. The highest BCUT2D eigenvalue weighted by atomic mass is 15.4. The van der Waals surface area contributed by atoms with Gasteiger partial charge in [0.25, 0.3) is 0 Å². The fourth-order valence-electron chi connectivity index (χ4n) is 3.80. The van der Waals surface area contributed by atoms with Gasteiger partial charge >= 0.3 is 0 Å². The highest BCUT2D eigenvalue weighted by molar-refractivity contribution is 5.44. The van der Waals surface area contributed by atoms with E-state index in [4.69, 9.17) is 9.97 Å². The molecule has 1 aliphatic heterocycles. The summed E-state index contributed by atoms with van der Waals surface area (Å²) in [5.74, 6) is 5.08. The van der Waals surface area contributed by atoms with E-state index in [1.165, 1.54) is 5.69 Å². The molecule has 0 radical (unpaired) electrons. The minimum atomic E-state index is 0.404. The van der Waals surface area contributed by atoms with E-state index in [0.717, 1.165) is 54.2 Å². The summed E-state index contributed by atoms with van der Waals surface area (Å²) < 4.78 is 4.05. The van der Waals surface area contributed by atoms with Crippen molar-refractivity contribution in [3.05, 3.63) is 53.0 Å². The van der Waals surface area contributed by atoms with Gasteiger partial charge in [0.2, 0.25) is 0 Å². The molecule has 132 valence electrons. The lowest BCUT2D eigenvalue weighted by molar-refractivity contribution is 0.689. The van der Waals surface area contributed by atoms with Gasteiger partial charge in [0.1, 0.15) is 23.3 Å². The van der Waals surface area contributed by atoms with E-state index in [9.17, 15) is 0 Å². The van der Waals surface area contributed by atoms with E-state index < -0.39 is 0 Å². The highest BCUT2D eigenvalue weighted by Gasteiger charge is 2.43. The summed E-state index contributed by atoms with van der Waals surface area (Å²) in [6.07, 6.45) is 8.70. The summed E-state index contributed by atoms with van der Waals surface area (Å²) in [5, 5.41) is 4.46. The van der Waals surface area contributed by atoms with E-state index in [1.54, 1.807) is 4.68 Å². The van der Waals surface area contributed by atoms with E-state index >= 15 is 0 Å². The molecule has 1 fully saturated rings. The highest BCUT2D eigenvalue weighted by Crippen LogP contribution is 2.53. The van der Waals surface area contributed by atoms with Crippen molar-refractivity contribution in [1.82, 2.24) is 34.3 Å². The smallest absolute Gasteiger partial charge is 0.159 e. The summed E-state index contributed by atoms with van der Waals surface area (Å²) in [6, 6.07) is 2.05. The van der Waals surface area contributed by atoms with Gasteiger partial charge in [-0.1, -0.05) is 6.08 Å². The van der Waals surface area contributed by atoms with Gasteiger partial charge in [-0.3, -0.25) is 0 Å². The van der Waals surface area contributed by atoms with Gasteiger partial charge in [0.05, 0.1) is 11.4 Å². The van der Waals surface area contributed by atoms with Crippen LogP contribution in [0.15, 0.2) is 18.3 Å². The van der Waals surface area contributed by atoms with Crippen molar-refractivity contribution < 1.29 is 0 Å². The maximum absolute atomic E-state index is 4.81. The maximum Gasteiger partial charge on any atom is 0.159 e. The molecule has 1 saturated carbocycles. The Morgan fingerprint density at radius 1 is 0.962 bits per heavy atom. The van der Waals surface area contributed by atoms with Gasteiger partial charge < -0.3 is 4.57 Å². The monoisotopic (exact) mass is 347 g/mol. The molecule has 26 heavy (non-hydrogen) atoms. The van der Waals surface area contributed by atoms with Crippen molar-refractivity contribution in [3.8, 4) is 5.82 Å². The van der Waals surface area contributed by atoms with Crippen LogP contribution < -0.4 is 0 Å². The molecular weight excluding hydrogens is 326 g/mol. The first kappa shape index (κ1) is 15.4. The lowest BCUT2D eigenvalue weighted by Gasteiger charge is -2.06. The Bertz CT molecular complexity index is 1030. The number of rotatable bonds is 3. The largest absolute Gasteiger partial charge is 0.331 e. The molecule has 0 N–H and O–H groups in total. The predicted octanol–water partition coefficient (Wildman–Crippen LogP) is 2.87. The van der Waals surface area contributed by atoms with E-state index in [1.807, 2.05) is 20.8 Å². The zero-order valence-corrected chi connectivity index (χ0v) is 15.2. The molecule has 5 rings (SSSR count). The van der Waals surface area contributed by atoms with Crippen LogP contribution in [0.1, 0.15) is 59.4 Å². The van der Waals surface area contributed by atoms with E-state index in [0.29, 0.717) is 11.8 Å². The number of aromatic nitrogens is 7. The number of allylic oxidation sites excluding steroid dienone is 1. The molecule has 3 aromatic heterocycles. The lowest BCUT2D eigenvalue weighted by atomic mass is 10.2. The molecule has 0 saturated heterocycles. The van der Waals surface area contributed by atoms with Crippen molar-refractivity contribution in [2.45, 2.75) is 52.0 Å².